The monoisotopic (exact) mass is 405 g/mol. The van der Waals surface area contributed by atoms with Crippen molar-refractivity contribution in [2.45, 2.75) is 51.4 Å². The van der Waals surface area contributed by atoms with E-state index in [1.807, 2.05) is 21.5 Å². The van der Waals surface area contributed by atoms with Gasteiger partial charge in [0.25, 0.3) is 0 Å². The van der Waals surface area contributed by atoms with Crippen molar-refractivity contribution >= 4 is 21.4 Å². The van der Waals surface area contributed by atoms with Crippen molar-refractivity contribution in [1.29, 1.82) is 0 Å². The third-order valence-electron chi connectivity index (χ3n) is 5.81. The molecule has 2 fully saturated rings. The number of piperidine rings is 1. The quantitative estimate of drug-likeness (QED) is 0.752. The Morgan fingerprint density at radius 3 is 2.43 bits per heavy atom. The molecule has 1 unspecified atom stereocenters. The number of amides is 1. The summed E-state index contributed by atoms with van der Waals surface area (Å²) < 4.78 is 25.2. The number of hydrogen-bond donors (Lipinski definition) is 0. The van der Waals surface area contributed by atoms with E-state index in [0.29, 0.717) is 19.5 Å². The molecule has 9 heteroatoms. The first-order chi connectivity index (χ1) is 13.1. The van der Waals surface area contributed by atoms with E-state index in [9.17, 15) is 13.2 Å². The van der Waals surface area contributed by atoms with Crippen LogP contribution in [0.5, 0.6) is 0 Å². The SMILES string of the molecule is CC(C)(C)c1ccc2nnc(C3CCN(C(=O)C4CCS(=O)(=O)C4)CC3)n2n1. The third kappa shape index (κ3) is 3.64. The molecule has 0 saturated carbocycles. The van der Waals surface area contributed by atoms with Crippen molar-refractivity contribution in [3.63, 3.8) is 0 Å². The molecule has 2 aromatic rings. The molecule has 0 bridgehead atoms. The van der Waals surface area contributed by atoms with Gasteiger partial charge in [-0.25, -0.2) is 8.42 Å². The minimum absolute atomic E-state index is 0.0000769. The van der Waals surface area contributed by atoms with Gasteiger partial charge in [-0.15, -0.1) is 10.2 Å². The van der Waals surface area contributed by atoms with Crippen LogP contribution in [-0.2, 0) is 20.0 Å². The third-order valence-corrected chi connectivity index (χ3v) is 7.58. The molecule has 0 aliphatic carbocycles. The molecule has 1 amide bonds. The minimum atomic E-state index is -3.04. The number of hydrogen-bond acceptors (Lipinski definition) is 6. The minimum Gasteiger partial charge on any atom is -0.342 e. The second kappa shape index (κ2) is 6.79. The Labute approximate surface area is 165 Å². The van der Waals surface area contributed by atoms with Crippen molar-refractivity contribution in [2.24, 2.45) is 5.92 Å². The lowest BCUT2D eigenvalue weighted by molar-refractivity contribution is -0.135. The maximum Gasteiger partial charge on any atom is 0.226 e. The van der Waals surface area contributed by atoms with E-state index in [1.165, 1.54) is 0 Å². The largest absolute Gasteiger partial charge is 0.342 e. The molecule has 2 aromatic heterocycles. The van der Waals surface area contributed by atoms with Crippen LogP contribution in [0.15, 0.2) is 12.1 Å². The van der Waals surface area contributed by atoms with Gasteiger partial charge in [-0.2, -0.15) is 9.61 Å². The summed E-state index contributed by atoms with van der Waals surface area (Å²) >= 11 is 0. The van der Waals surface area contributed by atoms with Crippen LogP contribution in [0.4, 0.5) is 0 Å². The van der Waals surface area contributed by atoms with Crippen LogP contribution in [-0.4, -0.2) is 63.6 Å². The Morgan fingerprint density at radius 1 is 1.11 bits per heavy atom. The number of fused-ring (bicyclic) bond motifs is 1. The molecule has 28 heavy (non-hydrogen) atoms. The summed E-state index contributed by atoms with van der Waals surface area (Å²) in [6.07, 6.45) is 2.02. The summed E-state index contributed by atoms with van der Waals surface area (Å²) in [6.45, 7) is 7.61. The molecule has 152 valence electrons. The van der Waals surface area contributed by atoms with E-state index in [4.69, 9.17) is 5.10 Å². The molecule has 0 N–H and O–H groups in total. The van der Waals surface area contributed by atoms with Crippen molar-refractivity contribution in [2.75, 3.05) is 24.6 Å². The van der Waals surface area contributed by atoms with Gasteiger partial charge in [0.15, 0.2) is 21.3 Å². The molecule has 1 atom stereocenters. The summed E-state index contributed by atoms with van der Waals surface area (Å²) in [4.78, 5) is 14.5. The predicted molar refractivity (Wildman–Crippen MR) is 105 cm³/mol. The molecule has 0 aromatic carbocycles. The lowest BCUT2D eigenvalue weighted by atomic mass is 9.92. The van der Waals surface area contributed by atoms with Crippen LogP contribution in [0.1, 0.15) is 57.5 Å². The first-order valence-electron chi connectivity index (χ1n) is 9.86. The first-order valence-corrected chi connectivity index (χ1v) is 11.7. The highest BCUT2D eigenvalue weighted by Crippen LogP contribution is 2.30. The van der Waals surface area contributed by atoms with Crippen molar-refractivity contribution in [1.82, 2.24) is 24.7 Å². The zero-order valence-electron chi connectivity index (χ0n) is 16.6. The van der Waals surface area contributed by atoms with E-state index >= 15 is 0 Å². The van der Waals surface area contributed by atoms with E-state index in [2.05, 4.69) is 31.0 Å². The fourth-order valence-corrected chi connectivity index (χ4v) is 5.80. The number of sulfone groups is 1. The smallest absolute Gasteiger partial charge is 0.226 e. The van der Waals surface area contributed by atoms with E-state index in [-0.39, 0.29) is 34.7 Å². The van der Waals surface area contributed by atoms with Gasteiger partial charge in [0.2, 0.25) is 5.91 Å². The predicted octanol–water partition coefficient (Wildman–Crippen LogP) is 1.56. The van der Waals surface area contributed by atoms with Crippen molar-refractivity contribution < 1.29 is 13.2 Å². The molecule has 2 aliphatic heterocycles. The van der Waals surface area contributed by atoms with Gasteiger partial charge in [0.1, 0.15) is 0 Å². The van der Waals surface area contributed by atoms with Gasteiger partial charge < -0.3 is 4.90 Å². The standard InChI is InChI=1S/C19H27N5O3S/c1-19(2,3)15-4-5-16-20-21-17(24(16)22-15)13-6-9-23(10-7-13)18(25)14-8-11-28(26,27)12-14/h4-5,13-14H,6-12H2,1-3H3. The van der Waals surface area contributed by atoms with E-state index in [1.54, 1.807) is 0 Å². The van der Waals surface area contributed by atoms with Crippen LogP contribution in [0.25, 0.3) is 5.65 Å². The number of carbonyl (C=O) groups excluding carboxylic acids is 1. The highest BCUT2D eigenvalue weighted by atomic mass is 32.2. The Balaban J connectivity index is 1.47. The fraction of sp³-hybridized carbons (Fsp3) is 0.684. The van der Waals surface area contributed by atoms with Gasteiger partial charge in [-0.3, -0.25) is 4.79 Å². The Morgan fingerprint density at radius 2 is 1.82 bits per heavy atom. The molecule has 2 saturated heterocycles. The van der Waals surface area contributed by atoms with Gasteiger partial charge in [-0.1, -0.05) is 20.8 Å². The number of rotatable bonds is 2. The summed E-state index contributed by atoms with van der Waals surface area (Å²) in [6, 6.07) is 3.94. The molecular formula is C19H27N5O3S. The summed E-state index contributed by atoms with van der Waals surface area (Å²) in [5, 5.41) is 13.4. The fourth-order valence-electron chi connectivity index (χ4n) is 4.07. The number of carbonyl (C=O) groups is 1. The molecule has 0 spiro atoms. The van der Waals surface area contributed by atoms with Crippen LogP contribution in [0.2, 0.25) is 0 Å². The molecule has 0 radical (unpaired) electrons. The van der Waals surface area contributed by atoms with Gasteiger partial charge in [0.05, 0.1) is 23.1 Å². The molecule has 4 heterocycles. The van der Waals surface area contributed by atoms with Gasteiger partial charge >= 0.3 is 0 Å². The summed E-state index contributed by atoms with van der Waals surface area (Å²) in [5.74, 6) is 0.781. The van der Waals surface area contributed by atoms with Crippen molar-refractivity contribution in [3.8, 4) is 0 Å². The molecule has 2 aliphatic rings. The number of likely N-dealkylation sites (tertiary alicyclic amines) is 1. The van der Waals surface area contributed by atoms with Gasteiger partial charge in [0, 0.05) is 24.4 Å². The zero-order valence-corrected chi connectivity index (χ0v) is 17.4. The lowest BCUT2D eigenvalue weighted by Gasteiger charge is -2.32. The molecule has 8 nitrogen and oxygen atoms in total. The normalized spacial score (nSPS) is 23.4. The second-order valence-corrected chi connectivity index (χ2v) is 11.2. The molecule has 4 rings (SSSR count). The molecular weight excluding hydrogens is 378 g/mol. The Kier molecular flexibility index (Phi) is 4.68. The van der Waals surface area contributed by atoms with E-state index in [0.717, 1.165) is 30.0 Å². The van der Waals surface area contributed by atoms with Crippen molar-refractivity contribution in [3.05, 3.63) is 23.7 Å². The van der Waals surface area contributed by atoms with E-state index < -0.39 is 9.84 Å². The topological polar surface area (TPSA) is 97.5 Å². The Hall–Kier alpha value is -2.03. The van der Waals surface area contributed by atoms with Crippen LogP contribution < -0.4 is 0 Å². The lowest BCUT2D eigenvalue weighted by Crippen LogP contribution is -2.42. The number of nitrogens with zero attached hydrogens (tertiary/aromatic N) is 5. The Bertz CT molecular complexity index is 1000. The first kappa shape index (κ1) is 19.3. The average Bonchev–Trinajstić information content (AvgIpc) is 3.23. The van der Waals surface area contributed by atoms with Crippen LogP contribution >= 0.6 is 0 Å². The number of aromatic nitrogens is 4. The summed E-state index contributed by atoms with van der Waals surface area (Å²) in [7, 11) is -3.04. The van der Waals surface area contributed by atoms with Gasteiger partial charge in [-0.05, 0) is 31.4 Å². The van der Waals surface area contributed by atoms with Crippen LogP contribution in [0.3, 0.4) is 0 Å². The second-order valence-electron chi connectivity index (χ2n) is 9.00. The average molecular weight is 406 g/mol. The highest BCUT2D eigenvalue weighted by Gasteiger charge is 2.37. The summed E-state index contributed by atoms with van der Waals surface area (Å²) in [5.41, 5.74) is 1.65. The maximum atomic E-state index is 12.7. The zero-order chi connectivity index (χ0) is 20.1. The van der Waals surface area contributed by atoms with Crippen LogP contribution in [0, 0.1) is 5.92 Å². The highest BCUT2D eigenvalue weighted by molar-refractivity contribution is 7.91. The maximum absolute atomic E-state index is 12.7.